The van der Waals surface area contributed by atoms with Crippen LogP contribution in [-0.2, 0) is 14.6 Å². The van der Waals surface area contributed by atoms with Gasteiger partial charge in [-0.2, -0.15) is 0 Å². The second-order valence-corrected chi connectivity index (χ2v) is 9.32. The Bertz CT molecular complexity index is 763. The molecule has 2 N–H and O–H groups in total. The first-order valence-corrected chi connectivity index (χ1v) is 10.6. The predicted molar refractivity (Wildman–Crippen MR) is 105 cm³/mol. The molecule has 0 saturated carbocycles. The first-order valence-electron chi connectivity index (χ1n) is 8.98. The number of rotatable bonds is 6. The number of carbonyl (C=O) groups is 1. The minimum absolute atomic E-state index is 0. The molecule has 1 fully saturated rings. The molecule has 0 spiro atoms. The largest absolute Gasteiger partial charge is 0.486 e. The molecule has 3 rings (SSSR count). The van der Waals surface area contributed by atoms with E-state index in [1.807, 2.05) is 0 Å². The van der Waals surface area contributed by atoms with Crippen LogP contribution in [0.1, 0.15) is 26.2 Å². The molecule has 7 nitrogen and oxygen atoms in total. The zero-order chi connectivity index (χ0) is 18.6. The summed E-state index contributed by atoms with van der Waals surface area (Å²) in [5.41, 5.74) is 0.0790. The average Bonchev–Trinajstić information content (AvgIpc) is 2.65. The van der Waals surface area contributed by atoms with Gasteiger partial charge in [0.2, 0.25) is 5.91 Å². The third kappa shape index (κ3) is 5.73. The van der Waals surface area contributed by atoms with Crippen LogP contribution in [0.3, 0.4) is 0 Å². The van der Waals surface area contributed by atoms with E-state index in [0.717, 1.165) is 25.9 Å². The second-order valence-electron chi connectivity index (χ2n) is 7.21. The van der Waals surface area contributed by atoms with Gasteiger partial charge in [-0.05, 0) is 43.5 Å². The van der Waals surface area contributed by atoms with Gasteiger partial charge in [0.25, 0.3) is 0 Å². The Morgan fingerprint density at radius 3 is 2.56 bits per heavy atom. The molecular formula is C18H27ClN2O5S. The number of hydrogen-bond acceptors (Lipinski definition) is 6. The van der Waals surface area contributed by atoms with Crippen molar-refractivity contribution in [3.8, 4) is 11.5 Å². The zero-order valence-electron chi connectivity index (χ0n) is 15.5. The van der Waals surface area contributed by atoms with Gasteiger partial charge in [-0.1, -0.05) is 6.92 Å². The molecule has 0 unspecified atom stereocenters. The molecule has 2 aliphatic heterocycles. The van der Waals surface area contributed by atoms with E-state index in [2.05, 4.69) is 17.6 Å². The smallest absolute Gasteiger partial charge is 0.221 e. The highest BCUT2D eigenvalue weighted by Gasteiger charge is 2.27. The van der Waals surface area contributed by atoms with Gasteiger partial charge in [0.15, 0.2) is 21.3 Å². The Morgan fingerprint density at radius 1 is 1.19 bits per heavy atom. The van der Waals surface area contributed by atoms with Crippen molar-refractivity contribution in [3.63, 3.8) is 0 Å². The van der Waals surface area contributed by atoms with Crippen LogP contribution < -0.4 is 20.1 Å². The Kier molecular flexibility index (Phi) is 7.36. The standard InChI is InChI=1S/C18H26N2O5S.ClH/c1-18(5-7-19-8-6-18)13-20-17(21)4-11-26(22,23)14-2-3-15-16(12-14)25-10-9-24-15;/h2-3,12,19H,4-11,13H2,1H3,(H,20,21);1H. The van der Waals surface area contributed by atoms with Gasteiger partial charge in [0.05, 0.1) is 10.6 Å². The van der Waals surface area contributed by atoms with Crippen molar-refractivity contribution >= 4 is 28.2 Å². The average molecular weight is 419 g/mol. The van der Waals surface area contributed by atoms with E-state index in [1.165, 1.54) is 12.1 Å². The van der Waals surface area contributed by atoms with E-state index in [1.54, 1.807) is 6.07 Å². The van der Waals surface area contributed by atoms with Gasteiger partial charge in [-0.3, -0.25) is 4.79 Å². The normalized spacial score (nSPS) is 18.3. The lowest BCUT2D eigenvalue weighted by atomic mass is 9.81. The van der Waals surface area contributed by atoms with E-state index in [9.17, 15) is 13.2 Å². The summed E-state index contributed by atoms with van der Waals surface area (Å²) in [5, 5.41) is 6.19. The molecular weight excluding hydrogens is 392 g/mol. The third-order valence-corrected chi connectivity index (χ3v) is 6.71. The van der Waals surface area contributed by atoms with Crippen LogP contribution in [0.25, 0.3) is 0 Å². The van der Waals surface area contributed by atoms with Crippen LogP contribution in [-0.4, -0.2) is 52.9 Å². The number of hydrogen-bond donors (Lipinski definition) is 2. The molecule has 9 heteroatoms. The number of fused-ring (bicyclic) bond motifs is 1. The maximum absolute atomic E-state index is 12.5. The highest BCUT2D eigenvalue weighted by Crippen LogP contribution is 2.32. The Morgan fingerprint density at radius 2 is 1.85 bits per heavy atom. The first-order chi connectivity index (χ1) is 12.4. The van der Waals surface area contributed by atoms with Gasteiger partial charge in [0, 0.05) is 19.0 Å². The molecule has 0 aliphatic carbocycles. The molecule has 1 aromatic rings. The summed E-state index contributed by atoms with van der Waals surface area (Å²) < 4.78 is 35.8. The number of nitrogens with one attached hydrogen (secondary N) is 2. The minimum atomic E-state index is -3.55. The first kappa shape index (κ1) is 21.8. The SMILES string of the molecule is CC1(CNC(=O)CCS(=O)(=O)c2ccc3c(c2)OCCO3)CCNCC1.Cl. The Hall–Kier alpha value is -1.51. The lowest BCUT2D eigenvalue weighted by Gasteiger charge is -2.34. The van der Waals surface area contributed by atoms with Gasteiger partial charge < -0.3 is 20.1 Å². The highest BCUT2D eigenvalue weighted by molar-refractivity contribution is 7.91. The van der Waals surface area contributed by atoms with Crippen LogP contribution in [0.15, 0.2) is 23.1 Å². The quantitative estimate of drug-likeness (QED) is 0.728. The van der Waals surface area contributed by atoms with Crippen molar-refractivity contribution in [2.24, 2.45) is 5.41 Å². The van der Waals surface area contributed by atoms with E-state index in [4.69, 9.17) is 9.47 Å². The molecule has 152 valence electrons. The predicted octanol–water partition coefficient (Wildman–Crippen LogP) is 1.55. The Labute approximate surface area is 166 Å². The van der Waals surface area contributed by atoms with Crippen LogP contribution in [0.2, 0.25) is 0 Å². The number of piperidine rings is 1. The number of benzene rings is 1. The summed E-state index contributed by atoms with van der Waals surface area (Å²) in [5.74, 6) is 0.520. The Balaban J connectivity index is 0.00000261. The zero-order valence-corrected chi connectivity index (χ0v) is 17.1. The lowest BCUT2D eigenvalue weighted by molar-refractivity contribution is -0.121. The van der Waals surface area contributed by atoms with Gasteiger partial charge in [-0.25, -0.2) is 8.42 Å². The summed E-state index contributed by atoms with van der Waals surface area (Å²) in [6, 6.07) is 4.56. The summed E-state index contributed by atoms with van der Waals surface area (Å²) in [6.45, 7) is 5.48. The van der Waals surface area contributed by atoms with E-state index >= 15 is 0 Å². The topological polar surface area (TPSA) is 93.7 Å². The van der Waals surface area contributed by atoms with Crippen molar-refractivity contribution in [1.82, 2.24) is 10.6 Å². The van der Waals surface area contributed by atoms with Crippen LogP contribution >= 0.6 is 12.4 Å². The van der Waals surface area contributed by atoms with Crippen molar-refractivity contribution < 1.29 is 22.7 Å². The van der Waals surface area contributed by atoms with Gasteiger partial charge in [0.1, 0.15) is 13.2 Å². The van der Waals surface area contributed by atoms with Crippen molar-refractivity contribution in [1.29, 1.82) is 0 Å². The molecule has 0 atom stereocenters. The molecule has 2 aliphatic rings. The monoisotopic (exact) mass is 418 g/mol. The van der Waals surface area contributed by atoms with Crippen molar-refractivity contribution in [3.05, 3.63) is 18.2 Å². The van der Waals surface area contributed by atoms with Crippen molar-refractivity contribution in [2.75, 3.05) is 38.6 Å². The number of carbonyl (C=O) groups excluding carboxylic acids is 1. The number of sulfone groups is 1. The minimum Gasteiger partial charge on any atom is -0.486 e. The summed E-state index contributed by atoms with van der Waals surface area (Å²) >= 11 is 0. The van der Waals surface area contributed by atoms with Crippen LogP contribution in [0, 0.1) is 5.41 Å². The molecule has 1 amide bonds. The highest BCUT2D eigenvalue weighted by atomic mass is 35.5. The number of amides is 1. The summed E-state index contributed by atoms with van der Waals surface area (Å²) in [7, 11) is -3.55. The second kappa shape index (κ2) is 9.12. The number of ether oxygens (including phenoxy) is 2. The maximum atomic E-state index is 12.5. The summed E-state index contributed by atoms with van der Waals surface area (Å²) in [4.78, 5) is 12.3. The fourth-order valence-electron chi connectivity index (χ4n) is 3.17. The maximum Gasteiger partial charge on any atom is 0.221 e. The van der Waals surface area contributed by atoms with Gasteiger partial charge in [-0.15, -0.1) is 12.4 Å². The third-order valence-electron chi connectivity index (χ3n) is 4.99. The van der Waals surface area contributed by atoms with E-state index < -0.39 is 9.84 Å². The van der Waals surface area contributed by atoms with Crippen LogP contribution in [0.5, 0.6) is 11.5 Å². The van der Waals surface area contributed by atoms with Gasteiger partial charge >= 0.3 is 0 Å². The van der Waals surface area contributed by atoms with Crippen LogP contribution in [0.4, 0.5) is 0 Å². The molecule has 0 bridgehead atoms. The summed E-state index contributed by atoms with van der Waals surface area (Å²) in [6.07, 6.45) is 1.96. The van der Waals surface area contributed by atoms with E-state index in [0.29, 0.717) is 31.3 Å². The fraction of sp³-hybridized carbons (Fsp3) is 0.611. The molecule has 0 radical (unpaired) electrons. The number of halogens is 1. The van der Waals surface area contributed by atoms with Crippen molar-refractivity contribution in [2.45, 2.75) is 31.1 Å². The molecule has 1 saturated heterocycles. The molecule has 0 aromatic heterocycles. The fourth-order valence-corrected chi connectivity index (χ4v) is 4.42. The molecule has 1 aromatic carbocycles. The molecule has 2 heterocycles. The molecule has 27 heavy (non-hydrogen) atoms. The lowest BCUT2D eigenvalue weighted by Crippen LogP contribution is -2.43. The van der Waals surface area contributed by atoms with E-state index in [-0.39, 0.29) is 40.8 Å².